The maximum Gasteiger partial charge on any atom is 0.282 e. The number of nitro benzene ring substituents is 1. The predicted molar refractivity (Wildman–Crippen MR) is 130 cm³/mol. The van der Waals surface area contributed by atoms with Crippen LogP contribution in [-0.2, 0) is 9.59 Å². The van der Waals surface area contributed by atoms with Crippen molar-refractivity contribution in [2.45, 2.75) is 20.8 Å². The molecule has 0 fully saturated rings. The molecule has 0 unspecified atom stereocenters. The summed E-state index contributed by atoms with van der Waals surface area (Å²) in [6, 6.07) is 16.5. The lowest BCUT2D eigenvalue weighted by molar-refractivity contribution is -0.384. The van der Waals surface area contributed by atoms with Gasteiger partial charge in [0.2, 0.25) is 0 Å². The number of amides is 2. The van der Waals surface area contributed by atoms with Crippen LogP contribution in [0, 0.1) is 30.9 Å². The quantitative estimate of drug-likeness (QED) is 0.320. The third kappa shape index (κ3) is 4.13. The van der Waals surface area contributed by atoms with Crippen LogP contribution < -0.4 is 15.0 Å². The normalized spacial score (nSPS) is 13.5. The van der Waals surface area contributed by atoms with E-state index in [0.29, 0.717) is 22.7 Å². The fourth-order valence-electron chi connectivity index (χ4n) is 4.03. The number of imide groups is 1. The first-order valence-electron chi connectivity index (χ1n) is 10.6. The van der Waals surface area contributed by atoms with Crippen LogP contribution in [0.15, 0.2) is 66.4 Å². The summed E-state index contributed by atoms with van der Waals surface area (Å²) in [5, 5.41) is 14.2. The van der Waals surface area contributed by atoms with E-state index in [4.69, 9.17) is 4.74 Å². The number of nitro groups is 1. The van der Waals surface area contributed by atoms with E-state index in [1.165, 1.54) is 31.4 Å². The van der Waals surface area contributed by atoms with Crippen LogP contribution in [0.25, 0.3) is 5.57 Å². The standard InChI is InChI=1S/C26H23N3O5/c1-15-5-10-22(34-4)21(14-15)27-24-23(18-6-8-19(9-7-18)29(32)33)25(30)28(26(24)31)20-12-16(2)11-17(3)13-20/h5-14,27H,1-4H3. The van der Waals surface area contributed by atoms with Crippen molar-refractivity contribution in [1.29, 1.82) is 0 Å². The third-order valence-electron chi connectivity index (χ3n) is 5.53. The Balaban J connectivity index is 1.87. The Morgan fingerprint density at radius 2 is 1.50 bits per heavy atom. The van der Waals surface area contributed by atoms with E-state index in [1.54, 1.807) is 18.2 Å². The minimum absolute atomic E-state index is 0.0712. The summed E-state index contributed by atoms with van der Waals surface area (Å²) in [6.45, 7) is 5.69. The minimum Gasteiger partial charge on any atom is -0.495 e. The van der Waals surface area contributed by atoms with Gasteiger partial charge in [-0.3, -0.25) is 19.7 Å². The van der Waals surface area contributed by atoms with Gasteiger partial charge in [-0.25, -0.2) is 4.90 Å². The molecule has 0 saturated carbocycles. The summed E-state index contributed by atoms with van der Waals surface area (Å²) in [5.74, 6) is -0.531. The molecule has 3 aromatic rings. The van der Waals surface area contributed by atoms with Crippen molar-refractivity contribution in [3.63, 3.8) is 0 Å². The van der Waals surface area contributed by atoms with Crippen LogP contribution in [0.5, 0.6) is 5.75 Å². The maximum atomic E-state index is 13.6. The monoisotopic (exact) mass is 457 g/mol. The molecule has 0 aromatic heterocycles. The van der Waals surface area contributed by atoms with Gasteiger partial charge >= 0.3 is 0 Å². The number of carbonyl (C=O) groups excluding carboxylic acids is 2. The van der Waals surface area contributed by atoms with Crippen LogP contribution in [-0.4, -0.2) is 23.8 Å². The number of benzene rings is 3. The van der Waals surface area contributed by atoms with Crippen LogP contribution >= 0.6 is 0 Å². The molecule has 0 saturated heterocycles. The first-order chi connectivity index (χ1) is 16.2. The van der Waals surface area contributed by atoms with E-state index < -0.39 is 16.7 Å². The molecule has 1 aliphatic heterocycles. The summed E-state index contributed by atoms with van der Waals surface area (Å²) in [4.78, 5) is 39.0. The van der Waals surface area contributed by atoms with Gasteiger partial charge in [-0.1, -0.05) is 12.1 Å². The van der Waals surface area contributed by atoms with E-state index >= 15 is 0 Å². The van der Waals surface area contributed by atoms with Gasteiger partial charge < -0.3 is 10.1 Å². The summed E-state index contributed by atoms with van der Waals surface area (Å²) in [7, 11) is 1.52. The fraction of sp³-hybridized carbons (Fsp3) is 0.154. The molecule has 0 bridgehead atoms. The average Bonchev–Trinajstić information content (AvgIpc) is 3.02. The van der Waals surface area contributed by atoms with E-state index in [9.17, 15) is 19.7 Å². The Hall–Kier alpha value is -4.46. The number of aryl methyl sites for hydroxylation is 3. The number of carbonyl (C=O) groups is 2. The van der Waals surface area contributed by atoms with Gasteiger partial charge in [0.25, 0.3) is 17.5 Å². The Labute approximate surface area is 196 Å². The summed E-state index contributed by atoms with van der Waals surface area (Å²) in [5.41, 5.74) is 4.23. The highest BCUT2D eigenvalue weighted by Gasteiger charge is 2.40. The highest BCUT2D eigenvalue weighted by Crippen LogP contribution is 2.37. The van der Waals surface area contributed by atoms with Crippen molar-refractivity contribution >= 4 is 34.4 Å². The smallest absolute Gasteiger partial charge is 0.282 e. The number of non-ortho nitro benzene ring substituents is 1. The second-order valence-corrected chi connectivity index (χ2v) is 8.17. The van der Waals surface area contributed by atoms with Gasteiger partial charge in [-0.15, -0.1) is 0 Å². The molecular formula is C26H23N3O5. The topological polar surface area (TPSA) is 102 Å². The summed E-state index contributed by atoms with van der Waals surface area (Å²) < 4.78 is 5.43. The number of ether oxygens (including phenoxy) is 1. The molecule has 3 aromatic carbocycles. The van der Waals surface area contributed by atoms with Crippen LogP contribution in [0.2, 0.25) is 0 Å². The minimum atomic E-state index is -0.521. The number of nitrogens with one attached hydrogen (secondary N) is 1. The first kappa shape index (κ1) is 22.7. The Bertz CT molecular complexity index is 1340. The molecule has 0 aliphatic carbocycles. The summed E-state index contributed by atoms with van der Waals surface area (Å²) >= 11 is 0. The molecule has 34 heavy (non-hydrogen) atoms. The highest BCUT2D eigenvalue weighted by molar-refractivity contribution is 6.46. The lowest BCUT2D eigenvalue weighted by Gasteiger charge is -2.17. The number of hydrogen-bond donors (Lipinski definition) is 1. The molecule has 1 N–H and O–H groups in total. The number of hydrogen-bond acceptors (Lipinski definition) is 6. The fourth-order valence-corrected chi connectivity index (χ4v) is 4.03. The molecule has 2 amide bonds. The van der Waals surface area contributed by atoms with Gasteiger partial charge in [0.05, 0.1) is 29.0 Å². The molecule has 0 atom stereocenters. The molecule has 1 heterocycles. The highest BCUT2D eigenvalue weighted by atomic mass is 16.6. The van der Waals surface area contributed by atoms with E-state index in [0.717, 1.165) is 21.6 Å². The first-order valence-corrected chi connectivity index (χ1v) is 10.6. The zero-order chi connectivity index (χ0) is 24.6. The number of rotatable bonds is 6. The number of anilines is 2. The molecule has 4 rings (SSSR count). The predicted octanol–water partition coefficient (Wildman–Crippen LogP) is 4.93. The van der Waals surface area contributed by atoms with Gasteiger partial charge in [0, 0.05) is 12.1 Å². The molecule has 172 valence electrons. The van der Waals surface area contributed by atoms with Gasteiger partial charge in [-0.2, -0.15) is 0 Å². The van der Waals surface area contributed by atoms with Gasteiger partial charge in [0.1, 0.15) is 11.4 Å². The molecule has 0 spiro atoms. The molecule has 8 nitrogen and oxygen atoms in total. The van der Waals surface area contributed by atoms with Crippen molar-refractivity contribution in [2.75, 3.05) is 17.3 Å². The van der Waals surface area contributed by atoms with Crippen molar-refractivity contribution in [3.05, 3.63) is 98.7 Å². The van der Waals surface area contributed by atoms with Crippen molar-refractivity contribution in [1.82, 2.24) is 0 Å². The number of methoxy groups -OCH3 is 1. The lowest BCUT2D eigenvalue weighted by Crippen LogP contribution is -2.32. The zero-order valence-corrected chi connectivity index (χ0v) is 19.2. The van der Waals surface area contributed by atoms with E-state index in [2.05, 4.69) is 5.32 Å². The second-order valence-electron chi connectivity index (χ2n) is 8.17. The van der Waals surface area contributed by atoms with Crippen molar-refractivity contribution < 1.29 is 19.2 Å². The molecule has 1 aliphatic rings. The van der Waals surface area contributed by atoms with Gasteiger partial charge in [0.15, 0.2) is 0 Å². The van der Waals surface area contributed by atoms with Crippen molar-refractivity contribution in [2.24, 2.45) is 0 Å². The Kier molecular flexibility index (Phi) is 5.89. The lowest BCUT2D eigenvalue weighted by atomic mass is 10.0. The number of nitrogens with zero attached hydrogens (tertiary/aromatic N) is 2. The van der Waals surface area contributed by atoms with E-state index in [1.807, 2.05) is 39.0 Å². The SMILES string of the molecule is COc1ccc(C)cc1NC1=C(c2ccc([N+](=O)[O-])cc2)C(=O)N(c2cc(C)cc(C)c2)C1=O. The third-order valence-corrected chi connectivity index (χ3v) is 5.53. The van der Waals surface area contributed by atoms with Crippen LogP contribution in [0.3, 0.4) is 0 Å². The molecule has 0 radical (unpaired) electrons. The Morgan fingerprint density at radius 3 is 2.09 bits per heavy atom. The molecular weight excluding hydrogens is 434 g/mol. The maximum absolute atomic E-state index is 13.6. The van der Waals surface area contributed by atoms with Gasteiger partial charge in [-0.05, 0) is 79.4 Å². The largest absolute Gasteiger partial charge is 0.495 e. The van der Waals surface area contributed by atoms with E-state index in [-0.39, 0.29) is 17.0 Å². The Morgan fingerprint density at radius 1 is 0.853 bits per heavy atom. The molecule has 8 heteroatoms. The van der Waals surface area contributed by atoms with Crippen LogP contribution in [0.1, 0.15) is 22.3 Å². The van der Waals surface area contributed by atoms with Crippen molar-refractivity contribution in [3.8, 4) is 5.75 Å². The summed E-state index contributed by atoms with van der Waals surface area (Å²) in [6.07, 6.45) is 0. The second kappa shape index (κ2) is 8.82. The average molecular weight is 457 g/mol. The van der Waals surface area contributed by atoms with Crippen LogP contribution in [0.4, 0.5) is 17.1 Å². The zero-order valence-electron chi connectivity index (χ0n) is 19.2.